The lowest BCUT2D eigenvalue weighted by atomic mass is 9.97. The summed E-state index contributed by atoms with van der Waals surface area (Å²) in [7, 11) is 1.29. The summed E-state index contributed by atoms with van der Waals surface area (Å²) in [5.74, 6) is -1.03. The molecule has 35 heavy (non-hydrogen) atoms. The molecule has 10 heteroatoms. The second-order valence-corrected chi connectivity index (χ2v) is 10.9. The SMILES string of the molecule is CCCN[C@H](C[C@@H](OC(=O)[C@@H](NC(=O)OC(C)(C)C)[C@@H](C)CC)c1nc(C(=O)OC)cs1)C(C)C. The Hall–Kier alpha value is -2.20. The van der Waals surface area contributed by atoms with Gasteiger partial charge in [-0.3, -0.25) is 0 Å². The maximum Gasteiger partial charge on any atom is 0.408 e. The largest absolute Gasteiger partial charge is 0.464 e. The fourth-order valence-corrected chi connectivity index (χ4v) is 4.13. The van der Waals surface area contributed by atoms with Crippen LogP contribution in [0.15, 0.2) is 5.38 Å². The monoisotopic (exact) mass is 513 g/mol. The van der Waals surface area contributed by atoms with Crippen LogP contribution in [-0.4, -0.2) is 54.4 Å². The molecule has 0 aliphatic heterocycles. The zero-order valence-corrected chi connectivity index (χ0v) is 23.4. The molecule has 0 bridgehead atoms. The van der Waals surface area contributed by atoms with E-state index in [1.165, 1.54) is 18.4 Å². The average molecular weight is 514 g/mol. The van der Waals surface area contributed by atoms with Gasteiger partial charge in [0, 0.05) is 17.8 Å². The third kappa shape index (κ3) is 10.5. The molecule has 2 N–H and O–H groups in total. The second kappa shape index (κ2) is 14.4. The van der Waals surface area contributed by atoms with Crippen LogP contribution in [0.2, 0.25) is 0 Å². The molecule has 0 aliphatic carbocycles. The van der Waals surface area contributed by atoms with Gasteiger partial charge in [-0.1, -0.05) is 41.0 Å². The summed E-state index contributed by atoms with van der Waals surface area (Å²) in [5.41, 5.74) is -0.529. The van der Waals surface area contributed by atoms with Gasteiger partial charge in [0.2, 0.25) is 0 Å². The molecule has 1 aromatic heterocycles. The lowest BCUT2D eigenvalue weighted by Crippen LogP contribution is -2.48. The van der Waals surface area contributed by atoms with Gasteiger partial charge < -0.3 is 24.8 Å². The van der Waals surface area contributed by atoms with Crippen LogP contribution in [0, 0.1) is 11.8 Å². The Bertz CT molecular complexity index is 820. The summed E-state index contributed by atoms with van der Waals surface area (Å²) < 4.78 is 16.1. The molecule has 1 heterocycles. The lowest BCUT2D eigenvalue weighted by Gasteiger charge is -2.29. The Balaban J connectivity index is 3.21. The first-order valence-corrected chi connectivity index (χ1v) is 13.2. The smallest absolute Gasteiger partial charge is 0.408 e. The summed E-state index contributed by atoms with van der Waals surface area (Å²) in [6.07, 6.45) is 0.707. The van der Waals surface area contributed by atoms with Gasteiger partial charge in [0.1, 0.15) is 16.7 Å². The number of ether oxygens (including phenoxy) is 3. The molecular weight excluding hydrogens is 470 g/mol. The molecule has 9 nitrogen and oxygen atoms in total. The fraction of sp³-hybridized carbons (Fsp3) is 0.760. The molecular formula is C25H43N3O6S. The van der Waals surface area contributed by atoms with E-state index in [4.69, 9.17) is 14.2 Å². The Kier molecular flexibility index (Phi) is 12.7. The number of hydrogen-bond acceptors (Lipinski definition) is 9. The molecule has 200 valence electrons. The highest BCUT2D eigenvalue weighted by molar-refractivity contribution is 7.09. The number of rotatable bonds is 13. The van der Waals surface area contributed by atoms with Crippen LogP contribution in [0.5, 0.6) is 0 Å². The van der Waals surface area contributed by atoms with Crippen molar-refractivity contribution in [1.29, 1.82) is 0 Å². The molecule has 1 amide bonds. The molecule has 4 atom stereocenters. The number of methoxy groups -OCH3 is 1. The van der Waals surface area contributed by atoms with Crippen LogP contribution >= 0.6 is 11.3 Å². The number of nitrogens with zero attached hydrogens (tertiary/aromatic N) is 1. The number of carbonyl (C=O) groups is 3. The van der Waals surface area contributed by atoms with Crippen molar-refractivity contribution in [3.63, 3.8) is 0 Å². The van der Waals surface area contributed by atoms with Gasteiger partial charge in [0.05, 0.1) is 7.11 Å². The number of amides is 1. The number of alkyl carbamates (subject to hydrolysis) is 1. The van der Waals surface area contributed by atoms with Gasteiger partial charge >= 0.3 is 18.0 Å². The quantitative estimate of drug-likeness (QED) is 0.284. The van der Waals surface area contributed by atoms with E-state index in [2.05, 4.69) is 36.4 Å². The van der Waals surface area contributed by atoms with Crippen LogP contribution in [0.3, 0.4) is 0 Å². The number of esters is 2. The fourth-order valence-electron chi connectivity index (χ4n) is 3.30. The van der Waals surface area contributed by atoms with Gasteiger partial charge in [-0.05, 0) is 45.6 Å². The number of carbonyl (C=O) groups excluding carboxylic acids is 3. The second-order valence-electron chi connectivity index (χ2n) is 10.0. The molecule has 0 radical (unpaired) electrons. The van der Waals surface area contributed by atoms with Crippen molar-refractivity contribution in [1.82, 2.24) is 15.6 Å². The van der Waals surface area contributed by atoms with Crippen LogP contribution in [0.25, 0.3) is 0 Å². The highest BCUT2D eigenvalue weighted by Crippen LogP contribution is 2.29. The van der Waals surface area contributed by atoms with Crippen LogP contribution in [0.4, 0.5) is 4.79 Å². The van der Waals surface area contributed by atoms with Gasteiger partial charge in [-0.2, -0.15) is 0 Å². The Morgan fingerprint density at radius 3 is 2.31 bits per heavy atom. The minimum atomic E-state index is -0.890. The number of nitrogens with one attached hydrogen (secondary N) is 2. The van der Waals surface area contributed by atoms with E-state index in [9.17, 15) is 14.4 Å². The summed E-state index contributed by atoms with van der Waals surface area (Å²) in [5, 5.41) is 8.29. The van der Waals surface area contributed by atoms with Crippen molar-refractivity contribution in [2.24, 2.45) is 11.8 Å². The standard InChI is InChI=1S/C25H43N3O6S/c1-10-12-26-17(15(3)4)13-19(21-27-18(14-35-21)22(29)32-9)33-23(30)20(16(5)11-2)28-24(31)34-25(6,7)8/h14-17,19-20,26H,10-13H2,1-9H3,(H,28,31)/t16-,17+,19+,20-/m0/s1. The first kappa shape index (κ1) is 30.8. The van der Waals surface area contributed by atoms with Crippen LogP contribution in [-0.2, 0) is 19.0 Å². The molecule has 0 unspecified atom stereocenters. The molecule has 0 aromatic carbocycles. The van der Waals surface area contributed by atoms with E-state index in [1.54, 1.807) is 26.2 Å². The van der Waals surface area contributed by atoms with E-state index in [-0.39, 0.29) is 23.6 Å². The van der Waals surface area contributed by atoms with Crippen molar-refractivity contribution in [2.75, 3.05) is 13.7 Å². The zero-order valence-electron chi connectivity index (χ0n) is 22.6. The lowest BCUT2D eigenvalue weighted by molar-refractivity contribution is -0.154. The summed E-state index contributed by atoms with van der Waals surface area (Å²) in [6.45, 7) is 16.2. The zero-order chi connectivity index (χ0) is 26.8. The first-order chi connectivity index (χ1) is 16.3. The van der Waals surface area contributed by atoms with Gasteiger partial charge in [-0.15, -0.1) is 11.3 Å². The van der Waals surface area contributed by atoms with E-state index >= 15 is 0 Å². The molecule has 1 rings (SSSR count). The Labute approximate surface area is 213 Å². The number of hydrogen-bond donors (Lipinski definition) is 2. The summed E-state index contributed by atoms with van der Waals surface area (Å²) >= 11 is 1.24. The number of aromatic nitrogens is 1. The minimum absolute atomic E-state index is 0.0547. The first-order valence-electron chi connectivity index (χ1n) is 12.3. The summed E-state index contributed by atoms with van der Waals surface area (Å²) in [6, 6.07) is -0.836. The molecule has 0 spiro atoms. The van der Waals surface area contributed by atoms with Crippen molar-refractivity contribution >= 4 is 29.4 Å². The predicted octanol–water partition coefficient (Wildman–Crippen LogP) is 4.87. The topological polar surface area (TPSA) is 116 Å². The third-order valence-electron chi connectivity index (χ3n) is 5.52. The normalized spacial score (nSPS) is 15.1. The minimum Gasteiger partial charge on any atom is -0.464 e. The van der Waals surface area contributed by atoms with Crippen LogP contribution < -0.4 is 10.6 Å². The van der Waals surface area contributed by atoms with E-state index < -0.39 is 35.8 Å². The molecule has 0 fully saturated rings. The maximum atomic E-state index is 13.4. The van der Waals surface area contributed by atoms with E-state index in [0.29, 0.717) is 17.8 Å². The third-order valence-corrected chi connectivity index (χ3v) is 6.46. The predicted molar refractivity (Wildman–Crippen MR) is 136 cm³/mol. The highest BCUT2D eigenvalue weighted by Gasteiger charge is 2.34. The Morgan fingerprint density at radius 2 is 1.80 bits per heavy atom. The highest BCUT2D eigenvalue weighted by atomic mass is 32.1. The maximum absolute atomic E-state index is 13.4. The number of thiazole rings is 1. The van der Waals surface area contributed by atoms with Crippen molar-refractivity contribution < 1.29 is 28.6 Å². The Morgan fingerprint density at radius 1 is 1.14 bits per heavy atom. The van der Waals surface area contributed by atoms with Crippen molar-refractivity contribution in [2.45, 2.75) is 98.4 Å². The van der Waals surface area contributed by atoms with E-state index in [0.717, 1.165) is 13.0 Å². The molecule has 0 aliphatic rings. The molecule has 1 aromatic rings. The van der Waals surface area contributed by atoms with Crippen molar-refractivity contribution in [3.05, 3.63) is 16.1 Å². The van der Waals surface area contributed by atoms with Gasteiger partial charge in [0.25, 0.3) is 0 Å². The van der Waals surface area contributed by atoms with E-state index in [1.807, 2.05) is 13.8 Å². The summed E-state index contributed by atoms with van der Waals surface area (Å²) in [4.78, 5) is 42.1. The molecule has 0 saturated carbocycles. The van der Waals surface area contributed by atoms with Crippen molar-refractivity contribution in [3.8, 4) is 0 Å². The molecule has 0 saturated heterocycles. The van der Waals surface area contributed by atoms with Gasteiger partial charge in [-0.25, -0.2) is 19.4 Å². The van der Waals surface area contributed by atoms with Gasteiger partial charge in [0.15, 0.2) is 11.8 Å². The average Bonchev–Trinajstić information content (AvgIpc) is 3.27. The van der Waals surface area contributed by atoms with Crippen LogP contribution in [0.1, 0.15) is 96.3 Å².